The summed E-state index contributed by atoms with van der Waals surface area (Å²) in [6.45, 7) is 3.07. The highest BCUT2D eigenvalue weighted by Crippen LogP contribution is 1.87. The quantitative estimate of drug-likeness (QED) is 0.311. The van der Waals surface area contributed by atoms with Crippen LogP contribution in [0.3, 0.4) is 0 Å². The summed E-state index contributed by atoms with van der Waals surface area (Å²) in [5.41, 5.74) is 0. The summed E-state index contributed by atoms with van der Waals surface area (Å²) in [6.07, 6.45) is 1.12. The second-order valence-electron chi connectivity index (χ2n) is 1.12. The number of rotatable bonds is 2. The van der Waals surface area contributed by atoms with Crippen LogP contribution in [0, 0.1) is 0 Å². The highest BCUT2D eigenvalue weighted by Gasteiger charge is 1.82. The number of hydrogen-bond donors (Lipinski definition) is 1. The van der Waals surface area contributed by atoms with E-state index in [1.165, 1.54) is 0 Å². The Morgan fingerprint density at radius 1 is 1.83 bits per heavy atom. The van der Waals surface area contributed by atoms with Crippen molar-refractivity contribution in [3.8, 4) is 0 Å². The van der Waals surface area contributed by atoms with Crippen LogP contribution in [-0.2, 0) is 0 Å². The van der Waals surface area contributed by atoms with Crippen LogP contribution in [0.2, 0.25) is 0 Å². The lowest BCUT2D eigenvalue weighted by Gasteiger charge is -2.00. The summed E-state index contributed by atoms with van der Waals surface area (Å²) >= 11 is 2.05. The molecule has 0 aliphatic rings. The largest absolute Gasteiger partial charge is 0.260 e. The normalized spacial score (nSPS) is 10.0. The van der Waals surface area contributed by atoms with E-state index in [1.54, 1.807) is 3.22 Å². The van der Waals surface area contributed by atoms with Crippen LogP contribution in [0.25, 0.3) is 0 Å². The standard InChI is InChI=1S/C3H9IN2/c1-2-3-6(4)5/h2-3,5H2,1H3. The summed E-state index contributed by atoms with van der Waals surface area (Å²) in [4.78, 5) is 0. The van der Waals surface area contributed by atoms with Crippen molar-refractivity contribution in [1.82, 2.24) is 3.22 Å². The van der Waals surface area contributed by atoms with Crippen molar-refractivity contribution in [2.75, 3.05) is 6.54 Å². The topological polar surface area (TPSA) is 29.3 Å². The van der Waals surface area contributed by atoms with Crippen molar-refractivity contribution >= 4 is 22.9 Å². The van der Waals surface area contributed by atoms with Crippen molar-refractivity contribution in [2.45, 2.75) is 13.3 Å². The van der Waals surface area contributed by atoms with Gasteiger partial charge in [-0.15, -0.1) is 0 Å². The van der Waals surface area contributed by atoms with Crippen LogP contribution >= 0.6 is 22.9 Å². The monoisotopic (exact) mass is 200 g/mol. The van der Waals surface area contributed by atoms with Crippen molar-refractivity contribution in [3.05, 3.63) is 0 Å². The summed E-state index contributed by atoms with van der Waals surface area (Å²) < 4.78 is 1.65. The summed E-state index contributed by atoms with van der Waals surface area (Å²) in [6, 6.07) is 0. The molecule has 0 spiro atoms. The van der Waals surface area contributed by atoms with Crippen LogP contribution < -0.4 is 5.84 Å². The van der Waals surface area contributed by atoms with Crippen molar-refractivity contribution in [1.29, 1.82) is 0 Å². The van der Waals surface area contributed by atoms with Gasteiger partial charge in [-0.1, -0.05) is 6.92 Å². The Balaban J connectivity index is 2.63. The van der Waals surface area contributed by atoms with Gasteiger partial charge in [0.2, 0.25) is 0 Å². The first-order valence-corrected chi connectivity index (χ1v) is 2.92. The summed E-state index contributed by atoms with van der Waals surface area (Å²) in [7, 11) is 0. The predicted octanol–water partition coefficient (Wildman–Crippen LogP) is 0.922. The molecule has 0 bridgehead atoms. The molecule has 0 aliphatic carbocycles. The van der Waals surface area contributed by atoms with Gasteiger partial charge in [0.25, 0.3) is 0 Å². The molecule has 2 nitrogen and oxygen atoms in total. The lowest BCUT2D eigenvalue weighted by atomic mass is 10.5. The number of halogens is 1. The second kappa shape index (κ2) is 3.83. The van der Waals surface area contributed by atoms with E-state index in [4.69, 9.17) is 5.84 Å². The zero-order valence-electron chi connectivity index (χ0n) is 3.82. The molecule has 0 unspecified atom stereocenters. The van der Waals surface area contributed by atoms with E-state index in [-0.39, 0.29) is 0 Å². The molecule has 2 N–H and O–H groups in total. The molecular formula is C3H9IN2. The van der Waals surface area contributed by atoms with Gasteiger partial charge >= 0.3 is 0 Å². The first-order chi connectivity index (χ1) is 2.77. The second-order valence-corrected chi connectivity index (χ2v) is 2.36. The molecule has 3 heteroatoms. The van der Waals surface area contributed by atoms with Crippen LogP contribution in [0.15, 0.2) is 0 Å². The molecule has 38 valence electrons. The molecule has 0 saturated heterocycles. The van der Waals surface area contributed by atoms with Gasteiger partial charge in [0, 0.05) is 29.4 Å². The van der Waals surface area contributed by atoms with E-state index in [9.17, 15) is 0 Å². The van der Waals surface area contributed by atoms with Crippen LogP contribution in [0.1, 0.15) is 13.3 Å². The zero-order chi connectivity index (χ0) is 4.99. The third-order valence-electron chi connectivity index (χ3n) is 0.437. The Bertz CT molecular complexity index is 30.0. The Morgan fingerprint density at radius 2 is 2.33 bits per heavy atom. The minimum absolute atomic E-state index is 0.973. The molecule has 0 atom stereocenters. The lowest BCUT2D eigenvalue weighted by molar-refractivity contribution is 0.535. The van der Waals surface area contributed by atoms with E-state index >= 15 is 0 Å². The molecule has 0 rings (SSSR count). The fraction of sp³-hybridized carbons (Fsp3) is 1.00. The minimum atomic E-state index is 0.973. The number of hydrogen-bond acceptors (Lipinski definition) is 2. The lowest BCUT2D eigenvalue weighted by Crippen LogP contribution is -2.19. The van der Waals surface area contributed by atoms with Crippen molar-refractivity contribution in [3.63, 3.8) is 0 Å². The number of nitrogens with zero attached hydrogens (tertiary/aromatic N) is 1. The van der Waals surface area contributed by atoms with E-state index < -0.39 is 0 Å². The molecule has 6 heavy (non-hydrogen) atoms. The van der Waals surface area contributed by atoms with Gasteiger partial charge in [0.05, 0.1) is 0 Å². The van der Waals surface area contributed by atoms with Gasteiger partial charge in [0.1, 0.15) is 0 Å². The molecule has 0 aromatic heterocycles. The summed E-state index contributed by atoms with van der Waals surface area (Å²) in [5.74, 6) is 5.22. The Kier molecular flexibility index (Phi) is 4.24. The Labute approximate surface area is 52.2 Å². The molecule has 0 radical (unpaired) electrons. The molecule has 0 fully saturated rings. The molecule has 0 aromatic rings. The molecule has 0 aliphatic heterocycles. The van der Waals surface area contributed by atoms with Crippen LogP contribution in [-0.4, -0.2) is 9.77 Å². The maximum absolute atomic E-state index is 5.22. The van der Waals surface area contributed by atoms with Gasteiger partial charge in [-0.05, 0) is 6.42 Å². The van der Waals surface area contributed by atoms with Gasteiger partial charge in [0.15, 0.2) is 0 Å². The van der Waals surface area contributed by atoms with E-state index in [0.29, 0.717) is 0 Å². The third kappa shape index (κ3) is 4.65. The molecular weight excluding hydrogens is 191 g/mol. The highest BCUT2D eigenvalue weighted by molar-refractivity contribution is 14.1. The van der Waals surface area contributed by atoms with Gasteiger partial charge < -0.3 is 0 Å². The number of nitrogens with two attached hydrogens (primary N) is 1. The maximum Gasteiger partial charge on any atom is 0.0364 e. The number of hydrazine groups is 1. The third-order valence-corrected chi connectivity index (χ3v) is 0.920. The van der Waals surface area contributed by atoms with E-state index in [0.717, 1.165) is 13.0 Å². The molecule has 0 aromatic carbocycles. The average molecular weight is 200 g/mol. The smallest absolute Gasteiger partial charge is 0.0364 e. The van der Waals surface area contributed by atoms with Crippen molar-refractivity contribution < 1.29 is 0 Å². The Hall–Kier alpha value is 0.650. The molecule has 0 amide bonds. The first kappa shape index (κ1) is 6.65. The van der Waals surface area contributed by atoms with E-state index in [1.807, 2.05) is 0 Å². The first-order valence-electron chi connectivity index (χ1n) is 1.95. The zero-order valence-corrected chi connectivity index (χ0v) is 5.97. The fourth-order valence-corrected chi connectivity index (χ4v) is 0.696. The van der Waals surface area contributed by atoms with Crippen LogP contribution in [0.4, 0.5) is 0 Å². The highest BCUT2D eigenvalue weighted by atomic mass is 127. The van der Waals surface area contributed by atoms with Gasteiger partial charge in [-0.3, -0.25) is 5.84 Å². The summed E-state index contributed by atoms with van der Waals surface area (Å²) in [5, 5.41) is 0. The maximum atomic E-state index is 5.22. The Morgan fingerprint density at radius 3 is 2.33 bits per heavy atom. The van der Waals surface area contributed by atoms with Crippen molar-refractivity contribution in [2.24, 2.45) is 5.84 Å². The van der Waals surface area contributed by atoms with E-state index in [2.05, 4.69) is 29.8 Å². The average Bonchev–Trinajstić information content (AvgIpc) is 1.35. The molecule has 0 heterocycles. The SMILES string of the molecule is CCCN(N)I. The fourth-order valence-electron chi connectivity index (χ4n) is 0.214. The molecule has 0 saturated carbocycles. The predicted molar refractivity (Wildman–Crippen MR) is 35.2 cm³/mol. The van der Waals surface area contributed by atoms with Gasteiger partial charge in [-0.25, -0.2) is 0 Å². The van der Waals surface area contributed by atoms with Gasteiger partial charge in [-0.2, -0.15) is 3.22 Å². The minimum Gasteiger partial charge on any atom is -0.260 e. The van der Waals surface area contributed by atoms with Crippen LogP contribution in [0.5, 0.6) is 0 Å².